The topological polar surface area (TPSA) is 71.3 Å². The summed E-state index contributed by atoms with van der Waals surface area (Å²) in [5, 5.41) is 7.14. The number of aryl methyl sites for hydroxylation is 1. The summed E-state index contributed by atoms with van der Waals surface area (Å²) in [5.41, 5.74) is 0. The Balaban J connectivity index is 1.61. The second kappa shape index (κ2) is 4.68. The van der Waals surface area contributed by atoms with Crippen LogP contribution in [0.3, 0.4) is 0 Å². The number of piperidine rings is 1. The third-order valence-corrected chi connectivity index (χ3v) is 3.81. The highest BCUT2D eigenvalue weighted by Crippen LogP contribution is 2.28. The lowest BCUT2D eigenvalue weighted by molar-refractivity contribution is -0.129. The molecule has 2 fully saturated rings. The fourth-order valence-electron chi connectivity index (χ4n) is 2.97. The minimum absolute atomic E-state index is 0.227. The Morgan fingerprint density at radius 2 is 2.39 bits per heavy atom. The molecule has 2 unspecified atom stereocenters. The fraction of sp³-hybridized carbons (Fsp3) is 0.750. The smallest absolute Gasteiger partial charge is 0.240 e. The van der Waals surface area contributed by atoms with Gasteiger partial charge in [0.2, 0.25) is 11.8 Å². The van der Waals surface area contributed by atoms with E-state index in [2.05, 4.69) is 15.5 Å². The summed E-state index contributed by atoms with van der Waals surface area (Å²) in [5.74, 6) is 1.52. The van der Waals surface area contributed by atoms with E-state index in [0.29, 0.717) is 30.7 Å². The van der Waals surface area contributed by atoms with Crippen molar-refractivity contribution < 1.29 is 9.32 Å². The Morgan fingerprint density at radius 1 is 1.50 bits per heavy atom. The number of hydrogen-bond donors (Lipinski definition) is 1. The number of carbonyl (C=O) groups excluding carboxylic acids is 1. The SMILES string of the molecule is Cc1noc(CNC2CC(=O)N3CCCCC23)n1. The van der Waals surface area contributed by atoms with Crippen molar-refractivity contribution in [2.75, 3.05) is 6.54 Å². The lowest BCUT2D eigenvalue weighted by atomic mass is 9.99. The number of rotatable bonds is 3. The molecule has 1 amide bonds. The molecule has 2 saturated heterocycles. The molecular formula is C12H18N4O2. The molecule has 1 aromatic heterocycles. The van der Waals surface area contributed by atoms with Crippen LogP contribution in [0.2, 0.25) is 0 Å². The van der Waals surface area contributed by atoms with Crippen LogP contribution in [0.25, 0.3) is 0 Å². The van der Waals surface area contributed by atoms with E-state index in [9.17, 15) is 4.79 Å². The van der Waals surface area contributed by atoms with Crippen molar-refractivity contribution >= 4 is 5.91 Å². The first-order chi connectivity index (χ1) is 8.74. The highest BCUT2D eigenvalue weighted by Gasteiger charge is 2.40. The standard InChI is InChI=1S/C12H18N4O2/c1-8-14-11(18-15-8)7-13-9-6-12(17)16-5-3-2-4-10(9)16/h9-10,13H,2-7H2,1H3. The van der Waals surface area contributed by atoms with Crippen LogP contribution in [0.4, 0.5) is 0 Å². The van der Waals surface area contributed by atoms with Gasteiger partial charge in [-0.15, -0.1) is 0 Å². The number of carbonyl (C=O) groups is 1. The number of hydrogen-bond acceptors (Lipinski definition) is 5. The first kappa shape index (κ1) is 11.6. The van der Waals surface area contributed by atoms with Crippen molar-refractivity contribution in [1.82, 2.24) is 20.4 Å². The van der Waals surface area contributed by atoms with Crippen LogP contribution in [-0.2, 0) is 11.3 Å². The third-order valence-electron chi connectivity index (χ3n) is 3.81. The number of nitrogens with one attached hydrogen (secondary N) is 1. The first-order valence-corrected chi connectivity index (χ1v) is 6.56. The van der Waals surface area contributed by atoms with E-state index >= 15 is 0 Å². The van der Waals surface area contributed by atoms with Gasteiger partial charge >= 0.3 is 0 Å². The Kier molecular flexibility index (Phi) is 3.03. The molecule has 98 valence electrons. The zero-order chi connectivity index (χ0) is 12.5. The minimum atomic E-state index is 0.227. The minimum Gasteiger partial charge on any atom is -0.338 e. The number of aromatic nitrogens is 2. The lowest BCUT2D eigenvalue weighted by Crippen LogP contribution is -2.45. The summed E-state index contributed by atoms with van der Waals surface area (Å²) >= 11 is 0. The second-order valence-electron chi connectivity index (χ2n) is 5.08. The van der Waals surface area contributed by atoms with Crippen LogP contribution >= 0.6 is 0 Å². The second-order valence-corrected chi connectivity index (χ2v) is 5.08. The maximum absolute atomic E-state index is 11.9. The van der Waals surface area contributed by atoms with Crippen molar-refractivity contribution in [2.45, 2.75) is 51.2 Å². The van der Waals surface area contributed by atoms with Crippen LogP contribution < -0.4 is 5.32 Å². The molecule has 0 saturated carbocycles. The van der Waals surface area contributed by atoms with E-state index in [1.54, 1.807) is 6.92 Å². The van der Waals surface area contributed by atoms with Crippen molar-refractivity contribution in [1.29, 1.82) is 0 Å². The van der Waals surface area contributed by atoms with Gasteiger partial charge in [0.05, 0.1) is 6.54 Å². The first-order valence-electron chi connectivity index (χ1n) is 6.56. The monoisotopic (exact) mass is 250 g/mol. The van der Waals surface area contributed by atoms with Gasteiger partial charge in [0.15, 0.2) is 5.82 Å². The van der Waals surface area contributed by atoms with Crippen molar-refractivity contribution in [3.63, 3.8) is 0 Å². The van der Waals surface area contributed by atoms with Gasteiger partial charge in [0, 0.05) is 25.0 Å². The maximum Gasteiger partial charge on any atom is 0.240 e. The zero-order valence-corrected chi connectivity index (χ0v) is 10.6. The van der Waals surface area contributed by atoms with Gasteiger partial charge in [0.1, 0.15) is 0 Å². The molecule has 0 spiro atoms. The summed E-state index contributed by atoms with van der Waals surface area (Å²) in [6.45, 7) is 3.26. The highest BCUT2D eigenvalue weighted by molar-refractivity contribution is 5.80. The molecule has 0 radical (unpaired) electrons. The number of amides is 1. The number of nitrogens with zero attached hydrogens (tertiary/aromatic N) is 3. The number of fused-ring (bicyclic) bond motifs is 1. The molecule has 3 heterocycles. The molecular weight excluding hydrogens is 232 g/mol. The van der Waals surface area contributed by atoms with Crippen LogP contribution in [-0.4, -0.2) is 39.6 Å². The van der Waals surface area contributed by atoms with E-state index in [1.807, 2.05) is 4.90 Å². The van der Waals surface area contributed by atoms with Crippen molar-refractivity contribution in [3.8, 4) is 0 Å². The molecule has 2 aliphatic heterocycles. The van der Waals surface area contributed by atoms with Crippen LogP contribution in [0.5, 0.6) is 0 Å². The third kappa shape index (κ3) is 2.12. The Labute approximate surface area is 106 Å². The molecule has 6 heteroatoms. The Morgan fingerprint density at radius 3 is 3.17 bits per heavy atom. The summed E-state index contributed by atoms with van der Waals surface area (Å²) in [4.78, 5) is 18.1. The zero-order valence-electron chi connectivity index (χ0n) is 10.6. The summed E-state index contributed by atoms with van der Waals surface area (Å²) < 4.78 is 5.06. The quantitative estimate of drug-likeness (QED) is 0.851. The molecule has 2 atom stereocenters. The van der Waals surface area contributed by atoms with E-state index < -0.39 is 0 Å². The summed E-state index contributed by atoms with van der Waals surface area (Å²) in [6, 6.07) is 0.584. The van der Waals surface area contributed by atoms with E-state index in [4.69, 9.17) is 4.52 Å². The Bertz CT molecular complexity index is 445. The van der Waals surface area contributed by atoms with Gasteiger partial charge in [-0.2, -0.15) is 4.98 Å². The van der Waals surface area contributed by atoms with E-state index in [0.717, 1.165) is 19.4 Å². The fourth-order valence-corrected chi connectivity index (χ4v) is 2.97. The van der Waals surface area contributed by atoms with Gasteiger partial charge in [0.25, 0.3) is 0 Å². The maximum atomic E-state index is 11.9. The van der Waals surface area contributed by atoms with Gasteiger partial charge < -0.3 is 14.7 Å². The molecule has 0 aliphatic carbocycles. The summed E-state index contributed by atoms with van der Waals surface area (Å²) in [7, 11) is 0. The van der Waals surface area contributed by atoms with Crippen LogP contribution in [0.1, 0.15) is 37.4 Å². The molecule has 6 nitrogen and oxygen atoms in total. The molecule has 1 aromatic rings. The van der Waals surface area contributed by atoms with E-state index in [1.165, 1.54) is 6.42 Å². The highest BCUT2D eigenvalue weighted by atomic mass is 16.5. The Hall–Kier alpha value is -1.43. The van der Waals surface area contributed by atoms with Gasteiger partial charge in [-0.05, 0) is 26.2 Å². The van der Waals surface area contributed by atoms with Crippen molar-refractivity contribution in [3.05, 3.63) is 11.7 Å². The van der Waals surface area contributed by atoms with Crippen LogP contribution in [0.15, 0.2) is 4.52 Å². The van der Waals surface area contributed by atoms with E-state index in [-0.39, 0.29) is 11.9 Å². The molecule has 0 aromatic carbocycles. The average Bonchev–Trinajstić information content (AvgIpc) is 2.92. The van der Waals surface area contributed by atoms with Crippen LogP contribution in [0, 0.1) is 6.92 Å². The lowest BCUT2D eigenvalue weighted by Gasteiger charge is -2.32. The molecule has 3 rings (SSSR count). The molecule has 18 heavy (non-hydrogen) atoms. The van der Waals surface area contributed by atoms with Gasteiger partial charge in [-0.1, -0.05) is 5.16 Å². The normalized spacial score (nSPS) is 27.6. The van der Waals surface area contributed by atoms with Crippen molar-refractivity contribution in [2.24, 2.45) is 0 Å². The largest absolute Gasteiger partial charge is 0.338 e. The van der Waals surface area contributed by atoms with Gasteiger partial charge in [-0.25, -0.2) is 0 Å². The predicted molar refractivity (Wildman–Crippen MR) is 63.6 cm³/mol. The molecule has 2 aliphatic rings. The van der Waals surface area contributed by atoms with Gasteiger partial charge in [-0.3, -0.25) is 4.79 Å². The molecule has 1 N–H and O–H groups in total. The predicted octanol–water partition coefficient (Wildman–Crippen LogP) is 0.621. The average molecular weight is 250 g/mol. The summed E-state index contributed by atoms with van der Waals surface area (Å²) in [6.07, 6.45) is 4.05. The molecule has 0 bridgehead atoms.